The van der Waals surface area contributed by atoms with E-state index in [-0.39, 0.29) is 30.2 Å². The maximum atomic E-state index is 12.9. The van der Waals surface area contributed by atoms with Crippen molar-refractivity contribution in [2.75, 3.05) is 6.54 Å². The van der Waals surface area contributed by atoms with Crippen LogP contribution in [0.4, 0.5) is 0 Å². The van der Waals surface area contributed by atoms with Gasteiger partial charge in [-0.1, -0.05) is 29.8 Å². The van der Waals surface area contributed by atoms with Crippen LogP contribution in [-0.2, 0) is 19.6 Å². The van der Waals surface area contributed by atoms with Crippen molar-refractivity contribution in [2.45, 2.75) is 19.6 Å². The fraction of sp³-hybridized carbons (Fsp3) is 0.182. The van der Waals surface area contributed by atoms with Gasteiger partial charge in [-0.05, 0) is 29.3 Å². The molecule has 3 heterocycles. The Bertz CT molecular complexity index is 1210. The highest BCUT2D eigenvalue weighted by Crippen LogP contribution is 2.22. The van der Waals surface area contributed by atoms with Crippen molar-refractivity contribution in [3.63, 3.8) is 0 Å². The fourth-order valence-corrected chi connectivity index (χ4v) is 3.69. The number of nitrogens with one attached hydrogen (secondary N) is 1. The first-order chi connectivity index (χ1) is 14.9. The monoisotopic (exact) mass is 474 g/mol. The molecule has 3 aromatic rings. The molecular formula is C22H20Cl2N4O4. The molecule has 0 fully saturated rings. The molecule has 32 heavy (non-hydrogen) atoms. The van der Waals surface area contributed by atoms with Gasteiger partial charge in [0, 0.05) is 49.8 Å². The van der Waals surface area contributed by atoms with Crippen molar-refractivity contribution >= 4 is 35.8 Å². The van der Waals surface area contributed by atoms with Crippen LogP contribution < -0.4 is 10.7 Å². The highest BCUT2D eigenvalue weighted by molar-refractivity contribution is 6.30. The van der Waals surface area contributed by atoms with Gasteiger partial charge in [-0.2, -0.15) is 0 Å². The Kier molecular flexibility index (Phi) is 7.17. The molecule has 0 radical (unpaired) electrons. The summed E-state index contributed by atoms with van der Waals surface area (Å²) in [6.07, 6.45) is 4.54. The van der Waals surface area contributed by atoms with Crippen molar-refractivity contribution in [3.05, 3.63) is 92.6 Å². The van der Waals surface area contributed by atoms with E-state index in [4.69, 9.17) is 11.6 Å². The van der Waals surface area contributed by atoms with Gasteiger partial charge in [0.2, 0.25) is 5.43 Å². The molecule has 1 aliphatic heterocycles. The topological polar surface area (TPSA) is 105 Å². The summed E-state index contributed by atoms with van der Waals surface area (Å²) >= 11 is 6.01. The summed E-state index contributed by atoms with van der Waals surface area (Å²) in [6.45, 7) is 1.16. The molecule has 0 spiro atoms. The molecule has 0 atom stereocenters. The van der Waals surface area contributed by atoms with Crippen molar-refractivity contribution in [3.8, 4) is 5.75 Å². The van der Waals surface area contributed by atoms with E-state index >= 15 is 0 Å². The van der Waals surface area contributed by atoms with Crippen LogP contribution in [0.15, 0.2) is 59.8 Å². The minimum absolute atomic E-state index is 0. The number of hydrogen-bond acceptors (Lipinski definition) is 5. The van der Waals surface area contributed by atoms with Gasteiger partial charge in [-0.25, -0.2) is 0 Å². The number of aromatic nitrogens is 2. The maximum Gasteiger partial charge on any atom is 0.274 e. The molecule has 0 unspecified atom stereocenters. The van der Waals surface area contributed by atoms with Crippen LogP contribution in [0.2, 0.25) is 5.02 Å². The smallest absolute Gasteiger partial charge is 0.274 e. The van der Waals surface area contributed by atoms with E-state index in [1.165, 1.54) is 15.7 Å². The summed E-state index contributed by atoms with van der Waals surface area (Å²) in [7, 11) is 0. The van der Waals surface area contributed by atoms with Crippen molar-refractivity contribution in [1.29, 1.82) is 0 Å². The van der Waals surface area contributed by atoms with E-state index in [0.29, 0.717) is 24.7 Å². The lowest BCUT2D eigenvalue weighted by Crippen LogP contribution is -2.42. The zero-order chi connectivity index (χ0) is 22.0. The van der Waals surface area contributed by atoms with Crippen LogP contribution in [0.1, 0.15) is 32.0 Å². The molecule has 1 aromatic carbocycles. The second kappa shape index (κ2) is 9.84. The van der Waals surface area contributed by atoms with Gasteiger partial charge in [0.05, 0.1) is 0 Å². The number of rotatable bonds is 5. The van der Waals surface area contributed by atoms with Crippen LogP contribution in [0.25, 0.3) is 0 Å². The molecule has 2 N–H and O–H groups in total. The third-order valence-corrected chi connectivity index (χ3v) is 5.27. The van der Waals surface area contributed by atoms with Crippen LogP contribution >= 0.6 is 24.0 Å². The predicted octanol–water partition coefficient (Wildman–Crippen LogP) is 2.61. The largest absolute Gasteiger partial charge is 0.503 e. The quantitative estimate of drug-likeness (QED) is 0.591. The average molecular weight is 475 g/mol. The molecular weight excluding hydrogens is 455 g/mol. The van der Waals surface area contributed by atoms with Crippen LogP contribution in [0.5, 0.6) is 5.75 Å². The number of amides is 2. The van der Waals surface area contributed by atoms with Crippen molar-refractivity contribution in [2.24, 2.45) is 0 Å². The summed E-state index contributed by atoms with van der Waals surface area (Å²) in [5.74, 6) is -1.84. The maximum absolute atomic E-state index is 12.9. The lowest BCUT2D eigenvalue weighted by Gasteiger charge is -2.30. The molecule has 0 aliphatic carbocycles. The zero-order valence-corrected chi connectivity index (χ0v) is 18.4. The summed E-state index contributed by atoms with van der Waals surface area (Å²) in [6, 6.07) is 10.7. The Morgan fingerprint density at radius 2 is 1.94 bits per heavy atom. The lowest BCUT2D eigenvalue weighted by molar-refractivity contribution is 0.0681. The van der Waals surface area contributed by atoms with E-state index in [0.717, 1.165) is 11.1 Å². The molecule has 0 saturated heterocycles. The second-order valence-electron chi connectivity index (χ2n) is 7.16. The molecule has 8 nitrogen and oxygen atoms in total. The van der Waals surface area contributed by atoms with E-state index in [1.54, 1.807) is 42.7 Å². The normalized spacial score (nSPS) is 12.7. The summed E-state index contributed by atoms with van der Waals surface area (Å²) in [5, 5.41) is 13.7. The molecule has 0 bridgehead atoms. The van der Waals surface area contributed by atoms with Gasteiger partial charge in [-0.3, -0.25) is 19.4 Å². The number of benzene rings is 1. The van der Waals surface area contributed by atoms with Gasteiger partial charge < -0.3 is 19.9 Å². The summed E-state index contributed by atoms with van der Waals surface area (Å²) in [4.78, 5) is 43.6. The zero-order valence-electron chi connectivity index (χ0n) is 16.8. The number of aromatic hydroxyl groups is 1. The Morgan fingerprint density at radius 3 is 2.66 bits per heavy atom. The number of hydrogen-bond donors (Lipinski definition) is 2. The van der Waals surface area contributed by atoms with E-state index in [1.807, 2.05) is 6.07 Å². The molecule has 10 heteroatoms. The first kappa shape index (κ1) is 23.3. The predicted molar refractivity (Wildman–Crippen MR) is 121 cm³/mol. The molecule has 2 amide bonds. The van der Waals surface area contributed by atoms with Gasteiger partial charge in [0.25, 0.3) is 11.8 Å². The van der Waals surface area contributed by atoms with Gasteiger partial charge in [-0.15, -0.1) is 12.4 Å². The number of nitrogens with zero attached hydrogens (tertiary/aromatic N) is 3. The highest BCUT2D eigenvalue weighted by atomic mass is 35.5. The summed E-state index contributed by atoms with van der Waals surface area (Å²) < 4.78 is 1.45. The molecule has 166 valence electrons. The van der Waals surface area contributed by atoms with Crippen molar-refractivity contribution in [1.82, 2.24) is 19.8 Å². The van der Waals surface area contributed by atoms with Crippen LogP contribution in [-0.4, -0.2) is 37.9 Å². The number of fused-ring (bicyclic) bond motifs is 1. The third kappa shape index (κ3) is 4.76. The van der Waals surface area contributed by atoms with Crippen LogP contribution in [0, 0.1) is 0 Å². The first-order valence-electron chi connectivity index (χ1n) is 9.61. The van der Waals surface area contributed by atoms with Crippen molar-refractivity contribution < 1.29 is 14.7 Å². The number of pyridine rings is 2. The minimum atomic E-state index is -0.882. The SMILES string of the molecule is Cl.O=C(NCc1cccnc1)c1cn2c(c(O)c1=O)C(=O)N(Cc1cccc(Cl)c1)CC2. The Morgan fingerprint density at radius 1 is 1.16 bits per heavy atom. The molecule has 1 aliphatic rings. The third-order valence-electron chi connectivity index (χ3n) is 5.04. The highest BCUT2D eigenvalue weighted by Gasteiger charge is 2.30. The molecule has 4 rings (SSSR count). The average Bonchev–Trinajstić information content (AvgIpc) is 2.77. The Hall–Kier alpha value is -3.36. The number of carbonyl (C=O) groups excluding carboxylic acids is 2. The Balaban J connectivity index is 0.00000289. The second-order valence-corrected chi connectivity index (χ2v) is 7.60. The van der Waals surface area contributed by atoms with E-state index in [9.17, 15) is 19.5 Å². The first-order valence-corrected chi connectivity index (χ1v) is 9.99. The minimum Gasteiger partial charge on any atom is -0.503 e. The molecule has 2 aromatic heterocycles. The number of carbonyl (C=O) groups is 2. The van der Waals surface area contributed by atoms with E-state index in [2.05, 4.69) is 10.3 Å². The Labute approximate surface area is 194 Å². The van der Waals surface area contributed by atoms with Crippen LogP contribution in [0.3, 0.4) is 0 Å². The van der Waals surface area contributed by atoms with Gasteiger partial charge >= 0.3 is 0 Å². The summed E-state index contributed by atoms with van der Waals surface area (Å²) in [5.41, 5.74) is 0.378. The molecule has 0 saturated carbocycles. The van der Waals surface area contributed by atoms with E-state index < -0.39 is 23.0 Å². The standard InChI is InChI=1S/C22H19ClN4O4.ClH/c23-16-5-1-3-14(9-16)12-27-8-7-26-13-17(19(28)20(29)18(26)22(27)31)21(30)25-11-15-4-2-6-24-10-15;/h1-6,9-10,13,29H,7-8,11-12H2,(H,25,30);1H. The lowest BCUT2D eigenvalue weighted by atomic mass is 10.1. The fourth-order valence-electron chi connectivity index (χ4n) is 3.48. The van der Waals surface area contributed by atoms with Gasteiger partial charge in [0.15, 0.2) is 11.4 Å². The number of halogens is 2. The van der Waals surface area contributed by atoms with Gasteiger partial charge in [0.1, 0.15) is 5.56 Å².